The summed E-state index contributed by atoms with van der Waals surface area (Å²) in [5.41, 5.74) is -1.75. The summed E-state index contributed by atoms with van der Waals surface area (Å²) in [6.45, 7) is 0. The zero-order valence-electron chi connectivity index (χ0n) is 9.94. The Balaban J connectivity index is 2.42. The summed E-state index contributed by atoms with van der Waals surface area (Å²) >= 11 is 0. The fourth-order valence-corrected chi connectivity index (χ4v) is 2.09. The van der Waals surface area contributed by atoms with Crippen LogP contribution in [0.2, 0.25) is 0 Å². The number of alkyl halides is 3. The van der Waals surface area contributed by atoms with Crippen LogP contribution in [0.15, 0.2) is 30.5 Å². The maximum absolute atomic E-state index is 13.1. The second-order valence-corrected chi connectivity index (χ2v) is 4.51. The predicted molar refractivity (Wildman–Crippen MR) is 62.2 cm³/mol. The van der Waals surface area contributed by atoms with E-state index in [-0.39, 0.29) is 24.1 Å². The smallest absolute Gasteiger partial charge is 0.398 e. The fraction of sp³-hybridized carbons (Fsp3) is 0.385. The average molecular weight is 271 g/mol. The van der Waals surface area contributed by atoms with Crippen molar-refractivity contribution in [1.82, 2.24) is 4.98 Å². The maximum atomic E-state index is 13.1. The van der Waals surface area contributed by atoms with E-state index in [4.69, 9.17) is 5.11 Å². The molecule has 0 spiro atoms. The van der Waals surface area contributed by atoms with Crippen molar-refractivity contribution in [2.45, 2.75) is 25.4 Å². The number of hydrogen-bond acceptors (Lipinski definition) is 2. The van der Waals surface area contributed by atoms with Gasteiger partial charge in [0, 0.05) is 6.20 Å². The van der Waals surface area contributed by atoms with Gasteiger partial charge in [-0.3, -0.25) is 9.78 Å². The molecule has 102 valence electrons. The van der Waals surface area contributed by atoms with Gasteiger partial charge in [-0.25, -0.2) is 0 Å². The molecule has 0 saturated heterocycles. The van der Waals surface area contributed by atoms with Crippen LogP contribution in [0.4, 0.5) is 13.2 Å². The number of hydrogen-bond donors (Lipinski definition) is 1. The van der Waals surface area contributed by atoms with Crippen LogP contribution >= 0.6 is 0 Å². The van der Waals surface area contributed by atoms with E-state index in [1.807, 2.05) is 0 Å². The van der Waals surface area contributed by atoms with Crippen molar-refractivity contribution in [3.8, 4) is 0 Å². The maximum Gasteiger partial charge on any atom is 0.398 e. The summed E-state index contributed by atoms with van der Waals surface area (Å²) in [4.78, 5) is 14.5. The molecule has 1 saturated carbocycles. The molecule has 0 aromatic carbocycles. The van der Waals surface area contributed by atoms with Gasteiger partial charge in [0.25, 0.3) is 0 Å². The van der Waals surface area contributed by atoms with Crippen molar-refractivity contribution in [2.75, 3.05) is 0 Å². The molecule has 3 nitrogen and oxygen atoms in total. The first-order chi connectivity index (χ1) is 8.87. The number of nitrogens with zero attached hydrogens (tertiary/aromatic N) is 1. The monoisotopic (exact) mass is 271 g/mol. The third kappa shape index (κ3) is 2.62. The van der Waals surface area contributed by atoms with Crippen LogP contribution in [0, 0.1) is 5.41 Å². The number of aromatic nitrogens is 1. The summed E-state index contributed by atoms with van der Waals surface area (Å²) < 4.78 is 39.4. The third-order valence-corrected chi connectivity index (χ3v) is 3.23. The van der Waals surface area contributed by atoms with E-state index < -0.39 is 24.0 Å². The van der Waals surface area contributed by atoms with Crippen LogP contribution in [0.5, 0.6) is 0 Å². The standard InChI is InChI=1S/C13H12F3NO2/c14-13(15,16)12(6-7-12)9(4-5-11(18)19)10-3-1-2-8-17-10/h1-4,8H,5-7H2,(H,18,19)/b9-4-. The fourth-order valence-electron chi connectivity index (χ4n) is 2.09. The van der Waals surface area contributed by atoms with Gasteiger partial charge in [0.05, 0.1) is 17.5 Å². The van der Waals surface area contributed by atoms with E-state index in [1.165, 1.54) is 12.3 Å². The minimum atomic E-state index is -4.38. The lowest BCUT2D eigenvalue weighted by atomic mass is 9.91. The van der Waals surface area contributed by atoms with Crippen molar-refractivity contribution >= 4 is 11.5 Å². The molecule has 19 heavy (non-hydrogen) atoms. The molecule has 0 aliphatic heterocycles. The average Bonchev–Trinajstić information content (AvgIpc) is 3.11. The second-order valence-electron chi connectivity index (χ2n) is 4.51. The third-order valence-electron chi connectivity index (χ3n) is 3.23. The van der Waals surface area contributed by atoms with E-state index in [1.54, 1.807) is 12.1 Å². The molecule has 1 N–H and O–H groups in total. The van der Waals surface area contributed by atoms with Gasteiger partial charge < -0.3 is 5.11 Å². The summed E-state index contributed by atoms with van der Waals surface area (Å²) in [6.07, 6.45) is -2.32. The Bertz CT molecular complexity index is 504. The lowest BCUT2D eigenvalue weighted by molar-refractivity contribution is -0.168. The van der Waals surface area contributed by atoms with Gasteiger partial charge in [-0.2, -0.15) is 13.2 Å². The number of carboxylic acid groups (broad SMARTS) is 1. The van der Waals surface area contributed by atoms with Crippen molar-refractivity contribution in [2.24, 2.45) is 5.41 Å². The first-order valence-corrected chi connectivity index (χ1v) is 5.77. The van der Waals surface area contributed by atoms with Gasteiger partial charge in [0.15, 0.2) is 0 Å². The number of aliphatic carboxylic acids is 1. The molecule has 1 fully saturated rings. The quantitative estimate of drug-likeness (QED) is 0.914. The molecule has 1 aliphatic carbocycles. The lowest BCUT2D eigenvalue weighted by Gasteiger charge is -2.22. The summed E-state index contributed by atoms with van der Waals surface area (Å²) in [5.74, 6) is -1.16. The van der Waals surface area contributed by atoms with Gasteiger partial charge in [-0.05, 0) is 30.5 Å². The van der Waals surface area contributed by atoms with Gasteiger partial charge in [0.2, 0.25) is 0 Å². The van der Waals surface area contributed by atoms with Gasteiger partial charge in [-0.1, -0.05) is 12.1 Å². The van der Waals surface area contributed by atoms with E-state index in [0.29, 0.717) is 0 Å². The number of allylic oxidation sites excluding steroid dienone is 1. The van der Waals surface area contributed by atoms with E-state index in [0.717, 1.165) is 6.08 Å². The summed E-state index contributed by atoms with van der Waals surface area (Å²) in [7, 11) is 0. The van der Waals surface area contributed by atoms with Gasteiger partial charge in [0.1, 0.15) is 0 Å². The normalized spacial score (nSPS) is 18.2. The Morgan fingerprint density at radius 3 is 2.53 bits per heavy atom. The van der Waals surface area contributed by atoms with Crippen LogP contribution in [-0.2, 0) is 4.79 Å². The van der Waals surface area contributed by atoms with Gasteiger partial charge in [-0.15, -0.1) is 0 Å². The summed E-state index contributed by atoms with van der Waals surface area (Å²) in [6, 6.07) is 4.66. The predicted octanol–water partition coefficient (Wildman–Crippen LogP) is 3.28. The number of carbonyl (C=O) groups is 1. The molecule has 1 aliphatic rings. The highest BCUT2D eigenvalue weighted by Crippen LogP contribution is 2.64. The van der Waals surface area contributed by atoms with Crippen LogP contribution in [-0.4, -0.2) is 22.2 Å². The highest BCUT2D eigenvalue weighted by atomic mass is 19.4. The topological polar surface area (TPSA) is 50.2 Å². The van der Waals surface area contributed by atoms with E-state index in [9.17, 15) is 18.0 Å². The zero-order chi connectivity index (χ0) is 14.1. The van der Waals surface area contributed by atoms with Crippen molar-refractivity contribution in [3.63, 3.8) is 0 Å². The van der Waals surface area contributed by atoms with Crippen LogP contribution in [0.1, 0.15) is 25.0 Å². The van der Waals surface area contributed by atoms with Crippen LogP contribution < -0.4 is 0 Å². The van der Waals surface area contributed by atoms with Crippen molar-refractivity contribution in [1.29, 1.82) is 0 Å². The molecule has 1 heterocycles. The Hall–Kier alpha value is -1.85. The minimum Gasteiger partial charge on any atom is -0.481 e. The Kier molecular flexibility index (Phi) is 3.34. The number of halogens is 3. The molecular formula is C13H12F3NO2. The zero-order valence-corrected chi connectivity index (χ0v) is 9.94. The number of carboxylic acids is 1. The lowest BCUT2D eigenvalue weighted by Crippen LogP contribution is -2.26. The molecule has 6 heteroatoms. The van der Waals surface area contributed by atoms with Gasteiger partial charge >= 0.3 is 12.1 Å². The molecule has 1 aromatic rings. The molecule has 0 bridgehead atoms. The molecule has 0 unspecified atom stereocenters. The Morgan fingerprint density at radius 1 is 1.42 bits per heavy atom. The highest BCUT2D eigenvalue weighted by Gasteiger charge is 2.65. The second kappa shape index (κ2) is 4.68. The Morgan fingerprint density at radius 2 is 2.11 bits per heavy atom. The molecule has 2 rings (SSSR count). The summed E-state index contributed by atoms with van der Waals surface area (Å²) in [5, 5.41) is 8.65. The van der Waals surface area contributed by atoms with Crippen LogP contribution in [0.3, 0.4) is 0 Å². The first-order valence-electron chi connectivity index (χ1n) is 5.77. The number of rotatable bonds is 4. The first kappa shape index (κ1) is 13.6. The largest absolute Gasteiger partial charge is 0.481 e. The molecule has 0 amide bonds. The SMILES string of the molecule is O=C(O)C/C=C(/c1ccccn1)C1(C(F)(F)F)CC1. The van der Waals surface area contributed by atoms with E-state index >= 15 is 0 Å². The molecular weight excluding hydrogens is 259 g/mol. The van der Waals surface area contributed by atoms with Crippen LogP contribution in [0.25, 0.3) is 5.57 Å². The minimum absolute atomic E-state index is 0.0154. The number of pyridine rings is 1. The van der Waals surface area contributed by atoms with E-state index in [2.05, 4.69) is 4.98 Å². The molecule has 1 aromatic heterocycles. The highest BCUT2D eigenvalue weighted by molar-refractivity contribution is 5.77. The molecule has 0 atom stereocenters. The molecule has 0 radical (unpaired) electrons. The Labute approximate surface area is 107 Å². The van der Waals surface area contributed by atoms with Crippen molar-refractivity contribution in [3.05, 3.63) is 36.2 Å². The van der Waals surface area contributed by atoms with Crippen molar-refractivity contribution < 1.29 is 23.1 Å².